The first-order valence-electron chi connectivity index (χ1n) is 5.54. The van der Waals surface area contributed by atoms with E-state index in [1.807, 2.05) is 0 Å². The second-order valence-corrected chi connectivity index (χ2v) is 5.52. The fraction of sp³-hybridized carbons (Fsp3) is 0.167. The van der Waals surface area contributed by atoms with Crippen molar-refractivity contribution in [3.8, 4) is 0 Å². The average molecular weight is 411 g/mol. The van der Waals surface area contributed by atoms with Crippen molar-refractivity contribution in [3.63, 3.8) is 0 Å². The summed E-state index contributed by atoms with van der Waals surface area (Å²) in [5.74, 6) is -1.54. The van der Waals surface area contributed by atoms with Crippen molar-refractivity contribution in [2.75, 3.05) is 18.5 Å². The van der Waals surface area contributed by atoms with Crippen LogP contribution in [-0.4, -0.2) is 35.0 Å². The van der Waals surface area contributed by atoms with Crippen LogP contribution in [0.5, 0.6) is 0 Å². The van der Waals surface area contributed by atoms with E-state index in [0.717, 1.165) is 17.0 Å². The highest BCUT2D eigenvalue weighted by molar-refractivity contribution is 14.1. The smallest absolute Gasteiger partial charge is 0.277 e. The number of aliphatic hydroxyl groups is 1. The van der Waals surface area contributed by atoms with Crippen molar-refractivity contribution in [2.45, 2.75) is 0 Å². The zero-order chi connectivity index (χ0) is 14.9. The van der Waals surface area contributed by atoms with E-state index in [-0.39, 0.29) is 23.9 Å². The quantitative estimate of drug-likeness (QED) is 0.451. The summed E-state index contributed by atoms with van der Waals surface area (Å²) in [6.45, 7) is -0.387. The molecule has 0 radical (unpaired) electrons. The highest BCUT2D eigenvalue weighted by Gasteiger charge is 2.30. The summed E-state index contributed by atoms with van der Waals surface area (Å²) >= 11 is 7.67. The molecule has 0 fully saturated rings. The number of β-amino-alcohol motifs (C(OH)–C–C–N with tert-alkyl or cyclic N) is 1. The Bertz CT molecular complexity index is 621. The first-order chi connectivity index (χ1) is 9.43. The topological polar surface area (TPSA) is 69.6 Å². The van der Waals surface area contributed by atoms with Gasteiger partial charge < -0.3 is 10.4 Å². The number of aliphatic hydroxyl groups excluding tert-OH is 1. The van der Waals surface area contributed by atoms with Crippen LogP contribution in [0, 0.1) is 9.39 Å². The molecular formula is C12H9ClFIN2O3. The van der Waals surface area contributed by atoms with E-state index < -0.39 is 17.6 Å². The standard InChI is InChI=1S/C12H9ClFIN2O3/c13-6-3-7(14)8(15)4-9(6)16-10-5-11(19)17(1-2-18)12(10)20/h3-5,16,18H,1-2H2. The van der Waals surface area contributed by atoms with Gasteiger partial charge in [-0.1, -0.05) is 11.6 Å². The van der Waals surface area contributed by atoms with E-state index in [1.54, 1.807) is 22.6 Å². The summed E-state index contributed by atoms with van der Waals surface area (Å²) in [5, 5.41) is 11.6. The lowest BCUT2D eigenvalue weighted by atomic mass is 10.3. The monoisotopic (exact) mass is 410 g/mol. The summed E-state index contributed by atoms with van der Waals surface area (Å²) in [6.07, 6.45) is 1.12. The number of halogens is 3. The van der Waals surface area contributed by atoms with Crippen molar-refractivity contribution in [3.05, 3.63) is 38.3 Å². The third-order valence-corrected chi connectivity index (χ3v) is 3.75. The second-order valence-electron chi connectivity index (χ2n) is 3.95. The molecule has 2 N–H and O–H groups in total. The predicted octanol–water partition coefficient (Wildman–Crippen LogP) is 1.74. The summed E-state index contributed by atoms with van der Waals surface area (Å²) in [6, 6.07) is 2.56. The minimum absolute atomic E-state index is 0.0350. The average Bonchev–Trinajstić information content (AvgIpc) is 2.64. The van der Waals surface area contributed by atoms with Crippen molar-refractivity contribution < 1.29 is 19.1 Å². The minimum Gasteiger partial charge on any atom is -0.395 e. The molecule has 0 bridgehead atoms. The zero-order valence-corrected chi connectivity index (χ0v) is 12.9. The lowest BCUT2D eigenvalue weighted by Crippen LogP contribution is -2.34. The van der Waals surface area contributed by atoms with E-state index in [1.165, 1.54) is 6.07 Å². The Balaban J connectivity index is 2.23. The van der Waals surface area contributed by atoms with Gasteiger partial charge in [0.15, 0.2) is 0 Å². The third kappa shape index (κ3) is 2.94. The van der Waals surface area contributed by atoms with Gasteiger partial charge in [0.2, 0.25) is 0 Å². The van der Waals surface area contributed by atoms with Gasteiger partial charge in [0.05, 0.1) is 27.4 Å². The number of carbonyl (C=O) groups is 2. The fourth-order valence-corrected chi connectivity index (χ4v) is 2.34. The molecule has 5 nitrogen and oxygen atoms in total. The molecule has 2 amide bonds. The van der Waals surface area contributed by atoms with E-state index in [2.05, 4.69) is 5.32 Å². The van der Waals surface area contributed by atoms with Gasteiger partial charge in [0.25, 0.3) is 11.8 Å². The second kappa shape index (κ2) is 6.06. The number of nitrogens with zero attached hydrogens (tertiary/aromatic N) is 1. The Kier molecular flexibility index (Phi) is 4.61. The Labute approximate surface area is 132 Å². The number of benzene rings is 1. The molecule has 0 aliphatic carbocycles. The van der Waals surface area contributed by atoms with Crippen LogP contribution in [0.4, 0.5) is 10.1 Å². The highest BCUT2D eigenvalue weighted by atomic mass is 127. The molecule has 0 saturated carbocycles. The maximum atomic E-state index is 13.3. The van der Waals surface area contributed by atoms with Gasteiger partial charge >= 0.3 is 0 Å². The molecule has 106 valence electrons. The Hall–Kier alpha value is -1.19. The van der Waals surface area contributed by atoms with Gasteiger partial charge in [-0.25, -0.2) is 4.39 Å². The lowest BCUT2D eigenvalue weighted by Gasteiger charge is -2.14. The molecule has 0 unspecified atom stereocenters. The van der Waals surface area contributed by atoms with E-state index in [0.29, 0.717) is 9.26 Å². The van der Waals surface area contributed by atoms with Crippen LogP contribution < -0.4 is 5.32 Å². The van der Waals surface area contributed by atoms with Gasteiger partial charge in [-0.3, -0.25) is 14.5 Å². The molecule has 1 aromatic rings. The number of hydrogen-bond acceptors (Lipinski definition) is 4. The Morgan fingerprint density at radius 3 is 2.75 bits per heavy atom. The maximum Gasteiger partial charge on any atom is 0.277 e. The van der Waals surface area contributed by atoms with Crippen molar-refractivity contribution in [1.82, 2.24) is 4.90 Å². The number of nitrogens with one attached hydrogen (secondary N) is 1. The largest absolute Gasteiger partial charge is 0.395 e. The Morgan fingerprint density at radius 1 is 1.40 bits per heavy atom. The van der Waals surface area contributed by atoms with Gasteiger partial charge in [-0.15, -0.1) is 0 Å². The fourth-order valence-electron chi connectivity index (χ4n) is 1.67. The Morgan fingerprint density at radius 2 is 2.10 bits per heavy atom. The molecule has 1 aliphatic rings. The number of imide groups is 1. The third-order valence-electron chi connectivity index (χ3n) is 2.61. The molecule has 0 atom stereocenters. The number of amides is 2. The van der Waals surface area contributed by atoms with Crippen LogP contribution in [0.25, 0.3) is 0 Å². The van der Waals surface area contributed by atoms with Crippen LogP contribution in [-0.2, 0) is 9.59 Å². The molecule has 1 aliphatic heterocycles. The molecule has 0 saturated heterocycles. The maximum absolute atomic E-state index is 13.3. The van der Waals surface area contributed by atoms with Crippen molar-refractivity contribution in [2.24, 2.45) is 0 Å². The normalized spacial score (nSPS) is 14.8. The minimum atomic E-state index is -0.556. The van der Waals surface area contributed by atoms with E-state index in [9.17, 15) is 14.0 Å². The summed E-state index contributed by atoms with van der Waals surface area (Å²) < 4.78 is 13.6. The summed E-state index contributed by atoms with van der Waals surface area (Å²) in [4.78, 5) is 24.4. The molecule has 1 aromatic carbocycles. The number of anilines is 1. The zero-order valence-electron chi connectivity index (χ0n) is 9.99. The van der Waals surface area contributed by atoms with Crippen LogP contribution in [0.1, 0.15) is 0 Å². The summed E-state index contributed by atoms with van der Waals surface area (Å²) in [5.41, 5.74) is 0.364. The molecular weight excluding hydrogens is 401 g/mol. The van der Waals surface area contributed by atoms with Gasteiger partial charge in [0, 0.05) is 6.08 Å². The first-order valence-corrected chi connectivity index (χ1v) is 6.99. The van der Waals surface area contributed by atoms with Gasteiger partial charge in [-0.2, -0.15) is 0 Å². The van der Waals surface area contributed by atoms with Gasteiger partial charge in [-0.05, 0) is 34.7 Å². The van der Waals surface area contributed by atoms with Crippen LogP contribution >= 0.6 is 34.2 Å². The first kappa shape index (κ1) is 15.2. The molecule has 0 aromatic heterocycles. The lowest BCUT2D eigenvalue weighted by molar-refractivity contribution is -0.137. The number of hydrogen-bond donors (Lipinski definition) is 2. The molecule has 20 heavy (non-hydrogen) atoms. The molecule has 8 heteroatoms. The molecule has 0 spiro atoms. The van der Waals surface area contributed by atoms with E-state index in [4.69, 9.17) is 16.7 Å². The summed E-state index contributed by atoms with van der Waals surface area (Å²) in [7, 11) is 0. The molecule has 2 rings (SSSR count). The highest BCUT2D eigenvalue weighted by Crippen LogP contribution is 2.28. The van der Waals surface area contributed by atoms with Crippen molar-refractivity contribution >= 4 is 51.7 Å². The van der Waals surface area contributed by atoms with Gasteiger partial charge in [0.1, 0.15) is 11.5 Å². The molecule has 1 heterocycles. The number of rotatable bonds is 4. The van der Waals surface area contributed by atoms with E-state index >= 15 is 0 Å². The van der Waals surface area contributed by atoms with Crippen molar-refractivity contribution in [1.29, 1.82) is 0 Å². The van der Waals surface area contributed by atoms with Crippen LogP contribution in [0.2, 0.25) is 5.02 Å². The van der Waals surface area contributed by atoms with Crippen LogP contribution in [0.3, 0.4) is 0 Å². The van der Waals surface area contributed by atoms with Crippen LogP contribution in [0.15, 0.2) is 23.9 Å². The number of carbonyl (C=O) groups excluding carboxylic acids is 2. The predicted molar refractivity (Wildman–Crippen MR) is 79.6 cm³/mol. The SMILES string of the molecule is O=C1C=C(Nc2cc(I)c(F)cc2Cl)C(=O)N1CCO.